The number of phenolic OH excluding ortho intramolecular Hbond substituents is 1. The number of aromatic hydroxyl groups is 1. The number of aromatic nitrogens is 1. The summed E-state index contributed by atoms with van der Waals surface area (Å²) < 4.78 is 10.7. The van der Waals surface area contributed by atoms with Gasteiger partial charge in [0.05, 0.1) is 18.3 Å². The predicted molar refractivity (Wildman–Crippen MR) is 68.5 cm³/mol. The number of nitrogens with zero attached hydrogens (tertiary/aromatic N) is 1. The average Bonchev–Trinajstić information content (AvgIpc) is 2.78. The highest BCUT2D eigenvalue weighted by Crippen LogP contribution is 2.31. The second-order valence-electron chi connectivity index (χ2n) is 4.17. The van der Waals surface area contributed by atoms with Gasteiger partial charge in [-0.25, -0.2) is 4.98 Å². The van der Waals surface area contributed by atoms with E-state index in [0.717, 1.165) is 0 Å². The highest BCUT2D eigenvalue weighted by atomic mass is 35.5. The van der Waals surface area contributed by atoms with E-state index in [4.69, 9.17) is 20.8 Å². The molecule has 0 unspecified atom stereocenters. The molecule has 0 aliphatic rings. The van der Waals surface area contributed by atoms with Gasteiger partial charge < -0.3 is 14.3 Å². The maximum Gasteiger partial charge on any atom is 0.230 e. The Morgan fingerprint density at radius 1 is 1.44 bits per heavy atom. The minimum atomic E-state index is 0.0811. The average molecular weight is 268 g/mol. The van der Waals surface area contributed by atoms with Crippen LogP contribution in [-0.4, -0.2) is 16.2 Å². The van der Waals surface area contributed by atoms with E-state index in [1.54, 1.807) is 12.1 Å². The van der Waals surface area contributed by atoms with Crippen LogP contribution in [0.4, 0.5) is 0 Å². The van der Waals surface area contributed by atoms with E-state index in [2.05, 4.69) is 4.98 Å². The number of hydrogen-bond donors (Lipinski definition) is 1. The largest absolute Gasteiger partial charge is 0.507 e. The number of ether oxygens (including phenoxy) is 1. The van der Waals surface area contributed by atoms with Gasteiger partial charge in [0.25, 0.3) is 0 Å². The van der Waals surface area contributed by atoms with Crippen molar-refractivity contribution < 1.29 is 14.3 Å². The summed E-state index contributed by atoms with van der Waals surface area (Å²) in [5, 5.41) is 10.2. The maximum absolute atomic E-state index is 9.73. The molecule has 5 heteroatoms. The van der Waals surface area contributed by atoms with Crippen molar-refractivity contribution in [2.75, 3.05) is 0 Å². The van der Waals surface area contributed by atoms with Crippen molar-refractivity contribution in [3.63, 3.8) is 0 Å². The van der Waals surface area contributed by atoms with Gasteiger partial charge in [0.2, 0.25) is 5.89 Å². The van der Waals surface area contributed by atoms with Crippen LogP contribution >= 0.6 is 11.6 Å². The van der Waals surface area contributed by atoms with Crippen molar-refractivity contribution >= 4 is 11.6 Å². The van der Waals surface area contributed by atoms with Crippen molar-refractivity contribution in [3.8, 4) is 17.2 Å². The van der Waals surface area contributed by atoms with Crippen LogP contribution in [0.2, 0.25) is 5.02 Å². The molecule has 0 aliphatic carbocycles. The molecule has 18 heavy (non-hydrogen) atoms. The highest BCUT2D eigenvalue weighted by molar-refractivity contribution is 6.30. The molecule has 0 fully saturated rings. The zero-order valence-corrected chi connectivity index (χ0v) is 10.9. The molecule has 4 nitrogen and oxygen atoms in total. The van der Waals surface area contributed by atoms with Crippen LogP contribution in [0.15, 0.2) is 28.9 Å². The normalized spacial score (nSPS) is 11.1. The Morgan fingerprint density at radius 3 is 2.94 bits per heavy atom. The molecule has 0 atom stereocenters. The Bertz CT molecular complexity index is 537. The number of rotatable bonds is 4. The summed E-state index contributed by atoms with van der Waals surface area (Å²) in [6.45, 7) is 4.27. The van der Waals surface area contributed by atoms with E-state index >= 15 is 0 Å². The Hall–Kier alpha value is -1.52. The third-order valence-corrected chi connectivity index (χ3v) is 2.54. The molecule has 0 radical (unpaired) electrons. The quantitative estimate of drug-likeness (QED) is 0.919. The maximum atomic E-state index is 9.73. The van der Waals surface area contributed by atoms with Crippen LogP contribution < -0.4 is 0 Å². The Labute approximate surface area is 110 Å². The lowest BCUT2D eigenvalue weighted by molar-refractivity contribution is 0.0635. The van der Waals surface area contributed by atoms with Crippen LogP contribution in [0.3, 0.4) is 0 Å². The van der Waals surface area contributed by atoms with E-state index in [0.29, 0.717) is 28.8 Å². The summed E-state index contributed by atoms with van der Waals surface area (Å²) in [5.41, 5.74) is 1.15. The fourth-order valence-electron chi connectivity index (χ4n) is 1.43. The first-order chi connectivity index (χ1) is 8.56. The van der Waals surface area contributed by atoms with Gasteiger partial charge in [-0.15, -0.1) is 0 Å². The summed E-state index contributed by atoms with van der Waals surface area (Å²) in [4.78, 5) is 4.24. The molecule has 0 bridgehead atoms. The smallest absolute Gasteiger partial charge is 0.230 e. The van der Waals surface area contributed by atoms with Gasteiger partial charge in [-0.1, -0.05) is 11.6 Å². The topological polar surface area (TPSA) is 55.5 Å². The van der Waals surface area contributed by atoms with Gasteiger partial charge in [0.1, 0.15) is 17.7 Å². The van der Waals surface area contributed by atoms with Crippen molar-refractivity contribution in [1.82, 2.24) is 4.98 Å². The van der Waals surface area contributed by atoms with Crippen LogP contribution in [-0.2, 0) is 11.3 Å². The number of halogens is 1. The summed E-state index contributed by atoms with van der Waals surface area (Å²) >= 11 is 5.87. The van der Waals surface area contributed by atoms with E-state index in [-0.39, 0.29) is 11.9 Å². The summed E-state index contributed by atoms with van der Waals surface area (Å²) in [6.07, 6.45) is 1.64. The van der Waals surface area contributed by atoms with Crippen LogP contribution in [0.5, 0.6) is 5.75 Å². The third kappa shape index (κ3) is 3.03. The zero-order chi connectivity index (χ0) is 13.1. The zero-order valence-electron chi connectivity index (χ0n) is 10.2. The van der Waals surface area contributed by atoms with E-state index in [9.17, 15) is 5.11 Å². The lowest BCUT2D eigenvalue weighted by Crippen LogP contribution is -2.02. The predicted octanol–water partition coefficient (Wildman–Crippen LogP) is 3.63. The Balaban J connectivity index is 2.21. The molecule has 0 spiro atoms. The van der Waals surface area contributed by atoms with Crippen LogP contribution in [0, 0.1) is 0 Å². The van der Waals surface area contributed by atoms with Crippen LogP contribution in [0.1, 0.15) is 19.5 Å². The highest BCUT2D eigenvalue weighted by Gasteiger charge is 2.12. The van der Waals surface area contributed by atoms with Crippen molar-refractivity contribution in [3.05, 3.63) is 35.2 Å². The molecule has 2 aromatic rings. The van der Waals surface area contributed by atoms with Gasteiger partial charge in [-0.3, -0.25) is 0 Å². The second kappa shape index (κ2) is 5.42. The van der Waals surface area contributed by atoms with Gasteiger partial charge in [0, 0.05) is 5.02 Å². The van der Waals surface area contributed by atoms with Crippen molar-refractivity contribution in [2.24, 2.45) is 0 Å². The lowest BCUT2D eigenvalue weighted by Gasteiger charge is -2.03. The molecule has 96 valence electrons. The van der Waals surface area contributed by atoms with Crippen molar-refractivity contribution in [2.45, 2.75) is 26.6 Å². The fraction of sp³-hybridized carbons (Fsp3) is 0.308. The monoisotopic (exact) mass is 267 g/mol. The van der Waals surface area contributed by atoms with Gasteiger partial charge in [-0.2, -0.15) is 0 Å². The first-order valence-corrected chi connectivity index (χ1v) is 5.99. The molecular formula is C13H14ClNO3. The molecule has 0 amide bonds. The van der Waals surface area contributed by atoms with Gasteiger partial charge >= 0.3 is 0 Å². The second-order valence-corrected chi connectivity index (χ2v) is 4.60. The first-order valence-electron chi connectivity index (χ1n) is 5.61. The number of benzene rings is 1. The SMILES string of the molecule is CC(C)OCc1coc(-c2cc(Cl)ccc2O)n1. The molecule has 0 saturated carbocycles. The molecule has 1 aromatic heterocycles. The minimum absolute atomic E-state index is 0.0811. The number of phenols is 1. The third-order valence-electron chi connectivity index (χ3n) is 2.31. The fourth-order valence-corrected chi connectivity index (χ4v) is 1.60. The lowest BCUT2D eigenvalue weighted by atomic mass is 10.2. The van der Waals surface area contributed by atoms with E-state index in [1.807, 2.05) is 13.8 Å². The number of hydrogen-bond acceptors (Lipinski definition) is 4. The molecular weight excluding hydrogens is 254 g/mol. The molecule has 1 heterocycles. The standard InChI is InChI=1S/C13H14ClNO3/c1-8(2)17-6-10-7-18-13(15-10)11-5-9(14)3-4-12(11)16/h3-5,7-8,16H,6H2,1-2H3. The Morgan fingerprint density at radius 2 is 2.22 bits per heavy atom. The summed E-state index contributed by atoms with van der Waals surface area (Å²) in [5.74, 6) is 0.412. The van der Waals surface area contributed by atoms with E-state index < -0.39 is 0 Å². The minimum Gasteiger partial charge on any atom is -0.507 e. The molecule has 1 aromatic carbocycles. The molecule has 1 N–H and O–H groups in total. The summed E-state index contributed by atoms with van der Waals surface area (Å²) in [6, 6.07) is 4.72. The molecule has 0 aliphatic heterocycles. The van der Waals surface area contributed by atoms with Crippen LogP contribution in [0.25, 0.3) is 11.5 Å². The molecule has 0 saturated heterocycles. The van der Waals surface area contributed by atoms with Gasteiger partial charge in [-0.05, 0) is 32.0 Å². The Kier molecular flexibility index (Phi) is 3.89. The van der Waals surface area contributed by atoms with Gasteiger partial charge in [0.15, 0.2) is 0 Å². The van der Waals surface area contributed by atoms with Crippen molar-refractivity contribution in [1.29, 1.82) is 0 Å². The number of oxazole rings is 1. The molecule has 2 rings (SSSR count). The summed E-state index contributed by atoms with van der Waals surface area (Å²) in [7, 11) is 0. The van der Waals surface area contributed by atoms with E-state index in [1.165, 1.54) is 12.3 Å². The first kappa shape index (κ1) is 12.9.